The first-order valence-electron chi connectivity index (χ1n) is 5.91. The number of fused-ring (bicyclic) bond motifs is 1. The molecule has 0 aliphatic rings. The molecule has 0 atom stereocenters. The number of rotatable bonds is 3. The van der Waals surface area contributed by atoms with Crippen LogP contribution in [0, 0.1) is 6.92 Å². The molecule has 0 saturated carbocycles. The molecule has 0 radical (unpaired) electrons. The number of aryl methyl sites for hydroxylation is 1. The van der Waals surface area contributed by atoms with Gasteiger partial charge >= 0.3 is 5.97 Å². The van der Waals surface area contributed by atoms with Gasteiger partial charge in [-0.2, -0.15) is 0 Å². The number of hydrogen-bond acceptors (Lipinski definition) is 8. The smallest absolute Gasteiger partial charge is 0.346 e. The standard InChI is InChI=1S/C12H10N4O4S/c1-6-9(10(13)20-15-6)11(18)19-5-7-4-8(17)16-2-3-21-12(16)14-7/h2-4H,5,13H2,1H3. The van der Waals surface area contributed by atoms with Gasteiger partial charge in [0.05, 0.1) is 11.4 Å². The van der Waals surface area contributed by atoms with Crippen molar-refractivity contribution in [2.45, 2.75) is 13.5 Å². The molecule has 0 aromatic carbocycles. The van der Waals surface area contributed by atoms with Crippen LogP contribution >= 0.6 is 11.3 Å². The number of esters is 1. The van der Waals surface area contributed by atoms with Crippen molar-refractivity contribution in [3.05, 3.63) is 44.9 Å². The Kier molecular flexibility index (Phi) is 3.18. The summed E-state index contributed by atoms with van der Waals surface area (Å²) >= 11 is 1.32. The molecule has 21 heavy (non-hydrogen) atoms. The molecule has 3 aromatic rings. The summed E-state index contributed by atoms with van der Waals surface area (Å²) in [5, 5.41) is 5.32. The second-order valence-corrected chi connectivity index (χ2v) is 5.10. The first kappa shape index (κ1) is 13.3. The number of nitrogens with two attached hydrogens (primary N) is 1. The number of thiazole rings is 1. The predicted molar refractivity (Wildman–Crippen MR) is 74.1 cm³/mol. The molecule has 0 amide bonds. The number of hydrogen-bond donors (Lipinski definition) is 1. The summed E-state index contributed by atoms with van der Waals surface area (Å²) in [6.45, 7) is 1.45. The van der Waals surface area contributed by atoms with Crippen LogP contribution in [0.4, 0.5) is 5.88 Å². The summed E-state index contributed by atoms with van der Waals surface area (Å²) < 4.78 is 11.2. The fourth-order valence-electron chi connectivity index (χ4n) is 1.81. The van der Waals surface area contributed by atoms with Crippen molar-refractivity contribution in [1.82, 2.24) is 14.5 Å². The van der Waals surface area contributed by atoms with Crippen LogP contribution in [0.1, 0.15) is 21.7 Å². The Morgan fingerprint density at radius 1 is 1.57 bits per heavy atom. The van der Waals surface area contributed by atoms with E-state index in [4.69, 9.17) is 15.0 Å². The molecule has 0 fully saturated rings. The van der Waals surface area contributed by atoms with Crippen molar-refractivity contribution >= 4 is 28.2 Å². The minimum atomic E-state index is -0.667. The third-order valence-electron chi connectivity index (χ3n) is 2.80. The lowest BCUT2D eigenvalue weighted by Gasteiger charge is -2.03. The Hall–Kier alpha value is -2.68. The van der Waals surface area contributed by atoms with Crippen molar-refractivity contribution in [2.75, 3.05) is 5.73 Å². The highest BCUT2D eigenvalue weighted by molar-refractivity contribution is 7.15. The number of anilines is 1. The third-order valence-corrected chi connectivity index (χ3v) is 3.56. The normalized spacial score (nSPS) is 10.9. The zero-order valence-electron chi connectivity index (χ0n) is 10.9. The molecule has 3 rings (SSSR count). The monoisotopic (exact) mass is 306 g/mol. The van der Waals surface area contributed by atoms with E-state index >= 15 is 0 Å². The van der Waals surface area contributed by atoms with Gasteiger partial charge in [0.1, 0.15) is 12.2 Å². The van der Waals surface area contributed by atoms with E-state index in [1.54, 1.807) is 18.5 Å². The van der Waals surface area contributed by atoms with Crippen molar-refractivity contribution < 1.29 is 14.1 Å². The lowest BCUT2D eigenvalue weighted by Crippen LogP contribution is -2.15. The number of aromatic nitrogens is 3. The number of nitrogens with zero attached hydrogens (tertiary/aromatic N) is 3. The van der Waals surface area contributed by atoms with E-state index in [1.807, 2.05) is 0 Å². The average molecular weight is 306 g/mol. The molecule has 0 saturated heterocycles. The van der Waals surface area contributed by atoms with Gasteiger partial charge in [0, 0.05) is 17.6 Å². The Morgan fingerprint density at radius 3 is 3.10 bits per heavy atom. The number of carbonyl (C=O) groups excluding carboxylic acids is 1. The van der Waals surface area contributed by atoms with Gasteiger partial charge in [0.15, 0.2) is 4.96 Å². The number of carbonyl (C=O) groups is 1. The maximum Gasteiger partial charge on any atom is 0.346 e. The summed E-state index contributed by atoms with van der Waals surface area (Å²) in [6.07, 6.45) is 1.63. The van der Waals surface area contributed by atoms with Crippen LogP contribution in [0.3, 0.4) is 0 Å². The van der Waals surface area contributed by atoms with E-state index in [0.717, 1.165) is 0 Å². The van der Waals surface area contributed by atoms with Gasteiger partial charge < -0.3 is 15.0 Å². The highest BCUT2D eigenvalue weighted by Crippen LogP contribution is 2.17. The molecule has 0 spiro atoms. The molecule has 8 nitrogen and oxygen atoms in total. The Morgan fingerprint density at radius 2 is 2.38 bits per heavy atom. The molecule has 2 N–H and O–H groups in total. The summed E-state index contributed by atoms with van der Waals surface area (Å²) in [7, 11) is 0. The summed E-state index contributed by atoms with van der Waals surface area (Å²) in [5.74, 6) is -0.765. The van der Waals surface area contributed by atoms with E-state index in [2.05, 4.69) is 10.1 Å². The molecule has 0 aliphatic carbocycles. The van der Waals surface area contributed by atoms with Gasteiger partial charge in [-0.3, -0.25) is 9.20 Å². The van der Waals surface area contributed by atoms with Crippen LogP contribution in [0.15, 0.2) is 27.0 Å². The molecule has 108 valence electrons. The van der Waals surface area contributed by atoms with E-state index in [1.165, 1.54) is 21.8 Å². The third kappa shape index (κ3) is 2.38. The fraction of sp³-hybridized carbons (Fsp3) is 0.167. The van der Waals surface area contributed by atoms with Gasteiger partial charge in [-0.1, -0.05) is 5.16 Å². The molecule has 3 heterocycles. The second kappa shape index (κ2) is 5.02. The highest BCUT2D eigenvalue weighted by Gasteiger charge is 2.20. The van der Waals surface area contributed by atoms with Crippen molar-refractivity contribution in [1.29, 1.82) is 0 Å². The van der Waals surface area contributed by atoms with Crippen molar-refractivity contribution in [2.24, 2.45) is 0 Å². The minimum Gasteiger partial charge on any atom is -0.455 e. The molecule has 9 heteroatoms. The molecular formula is C12H10N4O4S. The number of ether oxygens (including phenoxy) is 1. The van der Waals surface area contributed by atoms with Crippen LogP contribution in [-0.4, -0.2) is 20.5 Å². The molecule has 0 bridgehead atoms. The molecule has 0 unspecified atom stereocenters. The SMILES string of the molecule is Cc1noc(N)c1C(=O)OCc1cc(=O)n2ccsc2n1. The van der Waals surface area contributed by atoms with Gasteiger partial charge in [0.2, 0.25) is 5.88 Å². The molecule has 3 aromatic heterocycles. The number of nitrogen functional groups attached to an aromatic ring is 1. The maximum absolute atomic E-state index is 11.9. The predicted octanol–water partition coefficient (Wildman–Crippen LogP) is 0.992. The van der Waals surface area contributed by atoms with Gasteiger partial charge in [-0.15, -0.1) is 11.3 Å². The summed E-state index contributed by atoms with van der Waals surface area (Å²) in [4.78, 5) is 28.5. The fourth-order valence-corrected chi connectivity index (χ4v) is 2.55. The highest BCUT2D eigenvalue weighted by atomic mass is 32.1. The average Bonchev–Trinajstić information content (AvgIpc) is 3.03. The second-order valence-electron chi connectivity index (χ2n) is 4.22. The topological polar surface area (TPSA) is 113 Å². The van der Waals surface area contributed by atoms with Gasteiger partial charge in [0.25, 0.3) is 5.56 Å². The van der Waals surface area contributed by atoms with Crippen LogP contribution in [0.25, 0.3) is 4.96 Å². The van der Waals surface area contributed by atoms with Gasteiger partial charge in [-0.25, -0.2) is 9.78 Å². The Balaban J connectivity index is 1.80. The van der Waals surface area contributed by atoms with E-state index < -0.39 is 5.97 Å². The first-order chi connectivity index (χ1) is 10.1. The van der Waals surface area contributed by atoms with E-state index in [-0.39, 0.29) is 23.6 Å². The van der Waals surface area contributed by atoms with E-state index in [0.29, 0.717) is 16.3 Å². The van der Waals surface area contributed by atoms with Crippen LogP contribution < -0.4 is 11.3 Å². The zero-order valence-corrected chi connectivity index (χ0v) is 11.7. The summed E-state index contributed by atoms with van der Waals surface area (Å²) in [6, 6.07) is 1.32. The first-order valence-corrected chi connectivity index (χ1v) is 6.79. The van der Waals surface area contributed by atoms with Crippen molar-refractivity contribution in [3.8, 4) is 0 Å². The van der Waals surface area contributed by atoms with E-state index in [9.17, 15) is 9.59 Å². The quantitative estimate of drug-likeness (QED) is 0.718. The summed E-state index contributed by atoms with van der Waals surface area (Å²) in [5.41, 5.74) is 6.07. The van der Waals surface area contributed by atoms with Crippen LogP contribution in [0.5, 0.6) is 0 Å². The Bertz CT molecular complexity index is 859. The lowest BCUT2D eigenvalue weighted by atomic mass is 10.2. The maximum atomic E-state index is 11.9. The Labute approximate surface area is 121 Å². The molecular weight excluding hydrogens is 296 g/mol. The lowest BCUT2D eigenvalue weighted by molar-refractivity contribution is 0.0468. The minimum absolute atomic E-state index is 0.0870. The van der Waals surface area contributed by atoms with Crippen LogP contribution in [0.2, 0.25) is 0 Å². The zero-order chi connectivity index (χ0) is 15.0. The van der Waals surface area contributed by atoms with Gasteiger partial charge in [-0.05, 0) is 6.92 Å². The molecule has 0 aliphatic heterocycles. The van der Waals surface area contributed by atoms with Crippen LogP contribution in [-0.2, 0) is 11.3 Å². The largest absolute Gasteiger partial charge is 0.455 e. The van der Waals surface area contributed by atoms with Crippen molar-refractivity contribution in [3.63, 3.8) is 0 Å².